The van der Waals surface area contributed by atoms with Crippen molar-refractivity contribution in [2.75, 3.05) is 27.2 Å². The monoisotopic (exact) mass is 186 g/mol. The van der Waals surface area contributed by atoms with Crippen LogP contribution in [0.1, 0.15) is 13.3 Å². The summed E-state index contributed by atoms with van der Waals surface area (Å²) in [5.41, 5.74) is 0. The Labute approximate surface area is 79.1 Å². The zero-order chi connectivity index (χ0) is 10.0. The van der Waals surface area contributed by atoms with Crippen LogP contribution in [0.5, 0.6) is 0 Å². The molecule has 4 nitrogen and oxygen atoms in total. The highest BCUT2D eigenvalue weighted by atomic mass is 16.4. The highest BCUT2D eigenvalue weighted by Gasteiger charge is 2.28. The van der Waals surface area contributed by atoms with Crippen molar-refractivity contribution in [2.24, 2.45) is 0 Å². The van der Waals surface area contributed by atoms with Gasteiger partial charge in [0, 0.05) is 25.2 Å². The summed E-state index contributed by atoms with van der Waals surface area (Å²) in [5, 5.41) is 8.71. The Kier molecular flexibility index (Phi) is 3.27. The van der Waals surface area contributed by atoms with Gasteiger partial charge in [-0.25, -0.2) is 0 Å². The van der Waals surface area contributed by atoms with Crippen LogP contribution >= 0.6 is 0 Å². The minimum absolute atomic E-state index is 0.159. The normalized spacial score (nSPS) is 31.9. The van der Waals surface area contributed by atoms with Gasteiger partial charge in [0.1, 0.15) is 0 Å². The van der Waals surface area contributed by atoms with E-state index in [4.69, 9.17) is 5.11 Å². The van der Waals surface area contributed by atoms with E-state index in [1.165, 1.54) is 0 Å². The van der Waals surface area contributed by atoms with Crippen LogP contribution in [0.15, 0.2) is 0 Å². The van der Waals surface area contributed by atoms with Crippen LogP contribution in [-0.4, -0.2) is 60.1 Å². The summed E-state index contributed by atoms with van der Waals surface area (Å²) in [5.74, 6) is -0.709. The third-order valence-electron chi connectivity index (χ3n) is 2.78. The van der Waals surface area contributed by atoms with Crippen molar-refractivity contribution in [1.29, 1.82) is 0 Å². The number of likely N-dealkylation sites (N-methyl/N-ethyl adjacent to an activating group) is 2. The van der Waals surface area contributed by atoms with Gasteiger partial charge in [0.2, 0.25) is 0 Å². The molecule has 4 heteroatoms. The molecule has 2 atom stereocenters. The van der Waals surface area contributed by atoms with Crippen molar-refractivity contribution in [1.82, 2.24) is 9.80 Å². The molecule has 0 aromatic rings. The van der Waals surface area contributed by atoms with Gasteiger partial charge >= 0.3 is 5.97 Å². The average Bonchev–Trinajstić information content (AvgIpc) is 1.98. The third kappa shape index (κ3) is 2.67. The van der Waals surface area contributed by atoms with Gasteiger partial charge in [-0.15, -0.1) is 0 Å². The number of hydrogen-bond donors (Lipinski definition) is 1. The largest absolute Gasteiger partial charge is 0.481 e. The van der Waals surface area contributed by atoms with Gasteiger partial charge in [-0.1, -0.05) is 0 Å². The third-order valence-corrected chi connectivity index (χ3v) is 2.78. The molecule has 0 aromatic heterocycles. The van der Waals surface area contributed by atoms with E-state index in [-0.39, 0.29) is 12.5 Å². The molecule has 1 rings (SSSR count). The van der Waals surface area contributed by atoms with Gasteiger partial charge in [-0.05, 0) is 21.0 Å². The molecule has 0 saturated carbocycles. The van der Waals surface area contributed by atoms with Crippen LogP contribution in [0, 0.1) is 0 Å². The molecule has 0 aliphatic carbocycles. The second-order valence-corrected chi connectivity index (χ2v) is 3.99. The van der Waals surface area contributed by atoms with Crippen LogP contribution in [0.2, 0.25) is 0 Å². The predicted molar refractivity (Wildman–Crippen MR) is 50.8 cm³/mol. The molecular formula is C9H18N2O2. The molecule has 1 unspecified atom stereocenters. The SMILES string of the molecule is C[C@H]1CN(C)CC(CC(=O)O)N1C. The smallest absolute Gasteiger partial charge is 0.304 e. The van der Waals surface area contributed by atoms with Crippen LogP contribution in [0.4, 0.5) is 0 Å². The van der Waals surface area contributed by atoms with Gasteiger partial charge in [0.15, 0.2) is 0 Å². The maximum absolute atomic E-state index is 10.6. The first kappa shape index (κ1) is 10.5. The van der Waals surface area contributed by atoms with E-state index in [2.05, 4.69) is 16.7 Å². The van der Waals surface area contributed by atoms with Crippen LogP contribution in [0.3, 0.4) is 0 Å². The molecule has 1 fully saturated rings. The molecule has 1 aliphatic rings. The van der Waals surface area contributed by atoms with E-state index in [0.29, 0.717) is 6.04 Å². The molecule has 0 spiro atoms. The molecule has 13 heavy (non-hydrogen) atoms. The number of aliphatic carboxylic acids is 1. The molecular weight excluding hydrogens is 168 g/mol. The fourth-order valence-corrected chi connectivity index (χ4v) is 1.91. The van der Waals surface area contributed by atoms with Crippen LogP contribution < -0.4 is 0 Å². The quantitative estimate of drug-likeness (QED) is 0.664. The number of rotatable bonds is 2. The Morgan fingerprint density at radius 1 is 1.46 bits per heavy atom. The highest BCUT2D eigenvalue weighted by Crippen LogP contribution is 2.14. The second-order valence-electron chi connectivity index (χ2n) is 3.99. The van der Waals surface area contributed by atoms with E-state index >= 15 is 0 Å². The summed E-state index contributed by atoms with van der Waals surface area (Å²) in [4.78, 5) is 14.9. The van der Waals surface area contributed by atoms with Crippen molar-refractivity contribution >= 4 is 5.97 Å². The molecule has 1 heterocycles. The van der Waals surface area contributed by atoms with Gasteiger partial charge in [0.05, 0.1) is 6.42 Å². The number of nitrogens with zero attached hydrogens (tertiary/aromatic N) is 2. The fourth-order valence-electron chi connectivity index (χ4n) is 1.91. The molecule has 1 N–H and O–H groups in total. The molecule has 0 bridgehead atoms. The Morgan fingerprint density at radius 3 is 2.62 bits per heavy atom. The first-order valence-corrected chi connectivity index (χ1v) is 4.63. The van der Waals surface area contributed by atoms with E-state index in [1.807, 2.05) is 14.1 Å². The molecule has 0 amide bonds. The lowest BCUT2D eigenvalue weighted by atomic mass is 10.1. The van der Waals surface area contributed by atoms with Crippen molar-refractivity contribution in [3.8, 4) is 0 Å². The minimum Gasteiger partial charge on any atom is -0.481 e. The summed E-state index contributed by atoms with van der Waals surface area (Å²) in [6.45, 7) is 4.00. The lowest BCUT2D eigenvalue weighted by Gasteiger charge is -2.41. The first-order chi connectivity index (χ1) is 6.00. The van der Waals surface area contributed by atoms with E-state index in [1.54, 1.807) is 0 Å². The fraction of sp³-hybridized carbons (Fsp3) is 0.889. The summed E-state index contributed by atoms with van der Waals surface area (Å²) in [6, 6.07) is 0.606. The summed E-state index contributed by atoms with van der Waals surface area (Å²) >= 11 is 0. The Hall–Kier alpha value is -0.610. The Balaban J connectivity index is 2.55. The first-order valence-electron chi connectivity index (χ1n) is 4.63. The standard InChI is InChI=1S/C9H18N2O2/c1-7-5-10(2)6-8(11(7)3)4-9(12)13/h7-8H,4-6H2,1-3H3,(H,12,13)/t7-,8?/m0/s1. The molecule has 1 saturated heterocycles. The Morgan fingerprint density at radius 2 is 2.08 bits per heavy atom. The zero-order valence-corrected chi connectivity index (χ0v) is 8.53. The summed E-state index contributed by atoms with van der Waals surface area (Å²) in [6.07, 6.45) is 0.241. The van der Waals surface area contributed by atoms with Gasteiger partial charge in [-0.3, -0.25) is 9.69 Å². The number of carboxylic acids is 1. The maximum Gasteiger partial charge on any atom is 0.304 e. The Bertz CT molecular complexity index is 196. The predicted octanol–water partition coefficient (Wildman–Crippen LogP) is 0.0954. The number of hydrogen-bond acceptors (Lipinski definition) is 3. The lowest BCUT2D eigenvalue weighted by Crippen LogP contribution is -2.55. The van der Waals surface area contributed by atoms with Crippen molar-refractivity contribution in [3.05, 3.63) is 0 Å². The van der Waals surface area contributed by atoms with Gasteiger partial charge in [-0.2, -0.15) is 0 Å². The van der Waals surface area contributed by atoms with Crippen LogP contribution in [0.25, 0.3) is 0 Å². The molecule has 0 radical (unpaired) electrons. The van der Waals surface area contributed by atoms with E-state index in [9.17, 15) is 4.79 Å². The van der Waals surface area contributed by atoms with Crippen molar-refractivity contribution in [2.45, 2.75) is 25.4 Å². The minimum atomic E-state index is -0.709. The lowest BCUT2D eigenvalue weighted by molar-refractivity contribution is -0.139. The summed E-state index contributed by atoms with van der Waals surface area (Å²) in [7, 11) is 4.05. The van der Waals surface area contributed by atoms with Crippen molar-refractivity contribution in [3.63, 3.8) is 0 Å². The molecule has 0 aromatic carbocycles. The number of carboxylic acid groups (broad SMARTS) is 1. The zero-order valence-electron chi connectivity index (χ0n) is 8.53. The van der Waals surface area contributed by atoms with E-state index < -0.39 is 5.97 Å². The number of piperazine rings is 1. The van der Waals surface area contributed by atoms with E-state index in [0.717, 1.165) is 13.1 Å². The topological polar surface area (TPSA) is 43.8 Å². The van der Waals surface area contributed by atoms with Gasteiger partial charge < -0.3 is 10.0 Å². The maximum atomic E-state index is 10.6. The van der Waals surface area contributed by atoms with Gasteiger partial charge in [0.25, 0.3) is 0 Å². The summed E-state index contributed by atoms with van der Waals surface area (Å²) < 4.78 is 0. The number of carbonyl (C=O) groups is 1. The van der Waals surface area contributed by atoms with Crippen molar-refractivity contribution < 1.29 is 9.90 Å². The highest BCUT2D eigenvalue weighted by molar-refractivity contribution is 5.67. The van der Waals surface area contributed by atoms with Crippen LogP contribution in [-0.2, 0) is 4.79 Å². The second kappa shape index (κ2) is 4.07. The molecule has 1 aliphatic heterocycles. The molecule has 76 valence electrons. The average molecular weight is 186 g/mol.